The Morgan fingerprint density at radius 2 is 1.69 bits per heavy atom. The Balaban J connectivity index is 1.57. The number of anilines is 2. The van der Waals surface area contributed by atoms with Crippen molar-refractivity contribution in [2.45, 2.75) is 13.0 Å². The van der Waals surface area contributed by atoms with Gasteiger partial charge in [-0.15, -0.1) is 0 Å². The van der Waals surface area contributed by atoms with E-state index >= 15 is 0 Å². The molecule has 1 saturated heterocycles. The zero-order valence-corrected chi connectivity index (χ0v) is 27.7. The van der Waals surface area contributed by atoms with Gasteiger partial charge in [0.15, 0.2) is 5.82 Å². The lowest BCUT2D eigenvalue weighted by molar-refractivity contribution is -0.130. The number of piperazine rings is 1. The number of urea groups is 1. The minimum Gasteiger partial charge on any atom is -0.497 e. The molecule has 1 aromatic heterocycles. The van der Waals surface area contributed by atoms with E-state index in [1.807, 2.05) is 0 Å². The molecule has 48 heavy (non-hydrogen) atoms. The molecule has 4 aromatic rings. The van der Waals surface area contributed by atoms with Gasteiger partial charge < -0.3 is 24.7 Å². The van der Waals surface area contributed by atoms with Crippen LogP contribution in [0.2, 0.25) is 0 Å². The molecule has 3 amide bonds. The standard InChI is InChI=1S/C32H36FN7O7S/c1-21(39(27-14-13-24(46-2)19-28(27)47-3)32(43)35-23-11-9-22(33)10-12-23)30-36-26-8-6-5-7-25(26)31(42)40(30)38-17-15-37(16-18-38)29(41)20-34-48(4,44)45/h5-14,19,21,34H,15-18,20H2,1-4H3,(H,35,43). The number of rotatable bonds is 10. The van der Waals surface area contributed by atoms with Crippen molar-refractivity contribution < 1.29 is 31.9 Å². The zero-order valence-electron chi connectivity index (χ0n) is 26.8. The number of amides is 3. The first-order valence-electron chi connectivity index (χ1n) is 15.0. The highest BCUT2D eigenvalue weighted by molar-refractivity contribution is 7.88. The lowest BCUT2D eigenvalue weighted by Crippen LogP contribution is -2.57. The third kappa shape index (κ3) is 7.50. The highest BCUT2D eigenvalue weighted by atomic mass is 32.2. The van der Waals surface area contributed by atoms with Crippen LogP contribution in [0.5, 0.6) is 11.5 Å². The predicted molar refractivity (Wildman–Crippen MR) is 179 cm³/mol. The average molecular weight is 682 g/mol. The number of sulfonamides is 1. The van der Waals surface area contributed by atoms with E-state index in [4.69, 9.17) is 14.5 Å². The van der Waals surface area contributed by atoms with E-state index < -0.39 is 33.8 Å². The third-order valence-electron chi connectivity index (χ3n) is 7.88. The Bertz CT molecular complexity index is 1980. The number of ether oxygens (including phenoxy) is 2. The van der Waals surface area contributed by atoms with Crippen LogP contribution in [0.15, 0.2) is 71.5 Å². The molecule has 2 N–H and O–H groups in total. The van der Waals surface area contributed by atoms with E-state index in [9.17, 15) is 27.2 Å². The summed E-state index contributed by atoms with van der Waals surface area (Å²) in [5.41, 5.74) is 0.720. The number of hydrogen-bond acceptors (Lipinski definition) is 9. The SMILES string of the molecule is COc1ccc(N(C(=O)Nc2ccc(F)cc2)C(C)c2nc3ccccc3c(=O)n2N2CCN(C(=O)CNS(C)(=O)=O)CC2)c(OC)c1. The topological polar surface area (TPSA) is 155 Å². The van der Waals surface area contributed by atoms with Crippen LogP contribution in [-0.2, 0) is 14.8 Å². The molecular weight excluding hydrogens is 645 g/mol. The molecule has 0 bridgehead atoms. The van der Waals surface area contributed by atoms with Gasteiger partial charge in [0.1, 0.15) is 17.3 Å². The summed E-state index contributed by atoms with van der Waals surface area (Å²) in [5, 5.41) is 4.91. The molecule has 1 aliphatic rings. The maximum absolute atomic E-state index is 14.2. The van der Waals surface area contributed by atoms with E-state index in [0.29, 0.717) is 33.8 Å². The molecule has 2 heterocycles. The number of aromatic nitrogens is 2. The molecule has 16 heteroatoms. The van der Waals surface area contributed by atoms with Crippen LogP contribution in [0.3, 0.4) is 0 Å². The van der Waals surface area contributed by atoms with Crippen molar-refractivity contribution in [2.24, 2.45) is 0 Å². The van der Waals surface area contributed by atoms with Gasteiger partial charge in [0.25, 0.3) is 5.56 Å². The van der Waals surface area contributed by atoms with Crippen molar-refractivity contribution in [3.63, 3.8) is 0 Å². The first kappa shape index (κ1) is 34.1. The van der Waals surface area contributed by atoms with Gasteiger partial charge in [0.05, 0.1) is 62.7 Å². The summed E-state index contributed by atoms with van der Waals surface area (Å²) < 4.78 is 51.3. The van der Waals surface area contributed by atoms with Crippen LogP contribution >= 0.6 is 0 Å². The lowest BCUT2D eigenvalue weighted by Gasteiger charge is -2.39. The zero-order chi connectivity index (χ0) is 34.6. The first-order chi connectivity index (χ1) is 22.9. The Morgan fingerprint density at radius 3 is 2.33 bits per heavy atom. The highest BCUT2D eigenvalue weighted by Gasteiger charge is 2.33. The number of hydrogen-bond donors (Lipinski definition) is 2. The molecule has 1 atom stereocenters. The number of nitrogens with zero attached hydrogens (tertiary/aromatic N) is 5. The quantitative estimate of drug-likeness (QED) is 0.257. The molecular formula is C32H36FN7O7S. The van der Waals surface area contributed by atoms with Crippen molar-refractivity contribution in [2.75, 3.05) is 68.4 Å². The second-order valence-electron chi connectivity index (χ2n) is 11.1. The second-order valence-corrected chi connectivity index (χ2v) is 12.9. The van der Waals surface area contributed by atoms with E-state index in [0.717, 1.165) is 6.26 Å². The van der Waals surface area contributed by atoms with Crippen molar-refractivity contribution in [1.29, 1.82) is 0 Å². The summed E-state index contributed by atoms with van der Waals surface area (Å²) in [4.78, 5) is 48.8. The van der Waals surface area contributed by atoms with Gasteiger partial charge in [-0.05, 0) is 55.5 Å². The van der Waals surface area contributed by atoms with Gasteiger partial charge in [-0.3, -0.25) is 14.5 Å². The maximum Gasteiger partial charge on any atom is 0.327 e. The van der Waals surface area contributed by atoms with Crippen LogP contribution in [0.25, 0.3) is 10.9 Å². The fourth-order valence-corrected chi connectivity index (χ4v) is 5.83. The molecule has 3 aromatic carbocycles. The Labute approximate surface area is 276 Å². The van der Waals surface area contributed by atoms with Gasteiger partial charge in [0, 0.05) is 24.8 Å². The van der Waals surface area contributed by atoms with Gasteiger partial charge in [-0.2, -0.15) is 0 Å². The van der Waals surface area contributed by atoms with E-state index in [-0.39, 0.29) is 44.1 Å². The van der Waals surface area contributed by atoms with Gasteiger partial charge in [-0.1, -0.05) is 12.1 Å². The summed E-state index contributed by atoms with van der Waals surface area (Å²) in [6, 6.07) is 15.6. The normalized spacial score (nSPS) is 14.0. The van der Waals surface area contributed by atoms with Crippen LogP contribution < -0.4 is 35.0 Å². The van der Waals surface area contributed by atoms with Gasteiger partial charge in [-0.25, -0.2) is 32.0 Å². The fraction of sp³-hybridized carbons (Fsp3) is 0.312. The maximum atomic E-state index is 14.2. The number of benzene rings is 3. The van der Waals surface area contributed by atoms with Crippen molar-refractivity contribution >= 4 is 44.2 Å². The molecule has 14 nitrogen and oxygen atoms in total. The number of methoxy groups -OCH3 is 2. The second kappa shape index (κ2) is 14.3. The smallest absolute Gasteiger partial charge is 0.327 e. The summed E-state index contributed by atoms with van der Waals surface area (Å²) in [6.45, 7) is 2.20. The number of nitrogens with one attached hydrogen (secondary N) is 2. The summed E-state index contributed by atoms with van der Waals surface area (Å²) in [6.07, 6.45) is 0.977. The van der Waals surface area contributed by atoms with Crippen molar-refractivity contribution in [1.82, 2.24) is 19.3 Å². The molecule has 1 fully saturated rings. The number of para-hydroxylation sites is 1. The van der Waals surface area contributed by atoms with Gasteiger partial charge >= 0.3 is 6.03 Å². The largest absolute Gasteiger partial charge is 0.497 e. The van der Waals surface area contributed by atoms with E-state index in [1.54, 1.807) is 54.4 Å². The summed E-state index contributed by atoms with van der Waals surface area (Å²) >= 11 is 0. The molecule has 1 aliphatic heterocycles. The minimum atomic E-state index is -3.55. The average Bonchev–Trinajstić information content (AvgIpc) is 3.08. The minimum absolute atomic E-state index is 0.207. The Hall–Kier alpha value is -5.22. The van der Waals surface area contributed by atoms with Crippen molar-refractivity contribution in [3.05, 3.63) is 88.7 Å². The molecule has 0 aliphatic carbocycles. The molecule has 1 unspecified atom stereocenters. The van der Waals surface area contributed by atoms with Gasteiger partial charge in [0.2, 0.25) is 15.9 Å². The Kier molecular flexibility index (Phi) is 10.1. The van der Waals surface area contributed by atoms with E-state index in [2.05, 4.69) is 10.0 Å². The molecule has 5 rings (SSSR count). The highest BCUT2D eigenvalue weighted by Crippen LogP contribution is 2.37. The lowest BCUT2D eigenvalue weighted by atomic mass is 10.1. The number of halogens is 1. The third-order valence-corrected chi connectivity index (χ3v) is 8.55. The Morgan fingerprint density at radius 1 is 1.00 bits per heavy atom. The van der Waals surface area contributed by atoms with Crippen LogP contribution in [0.4, 0.5) is 20.6 Å². The molecule has 0 radical (unpaired) electrons. The predicted octanol–water partition coefficient (Wildman–Crippen LogP) is 2.68. The molecule has 0 spiro atoms. The van der Waals surface area contributed by atoms with Crippen molar-refractivity contribution in [3.8, 4) is 11.5 Å². The number of carbonyl (C=O) groups excluding carboxylic acids is 2. The monoisotopic (exact) mass is 681 g/mol. The van der Waals surface area contributed by atoms with E-state index in [1.165, 1.54) is 53.0 Å². The molecule has 254 valence electrons. The number of carbonyl (C=O) groups is 2. The molecule has 0 saturated carbocycles. The van der Waals surface area contributed by atoms with Crippen LogP contribution in [0.1, 0.15) is 18.8 Å². The van der Waals surface area contributed by atoms with Crippen LogP contribution in [-0.4, -0.2) is 88.1 Å². The van der Waals surface area contributed by atoms with Crippen LogP contribution in [0, 0.1) is 5.82 Å². The number of fused-ring (bicyclic) bond motifs is 1. The summed E-state index contributed by atoms with van der Waals surface area (Å²) in [5.74, 6) is 0.159. The fourth-order valence-electron chi connectivity index (χ4n) is 5.44. The first-order valence-corrected chi connectivity index (χ1v) is 16.9. The summed E-state index contributed by atoms with van der Waals surface area (Å²) in [7, 11) is -0.597.